The van der Waals surface area contributed by atoms with Gasteiger partial charge in [0, 0.05) is 48.9 Å². The number of nitrogens with one attached hydrogen (secondary N) is 3. The molecule has 0 aromatic carbocycles. The second-order valence-electron chi connectivity index (χ2n) is 7.76. The van der Waals surface area contributed by atoms with E-state index in [1.165, 1.54) is 12.8 Å². The van der Waals surface area contributed by atoms with E-state index in [9.17, 15) is 4.79 Å². The number of aromatic amines is 1. The summed E-state index contributed by atoms with van der Waals surface area (Å²) in [6, 6.07) is 4.01. The fourth-order valence-electron chi connectivity index (χ4n) is 3.86. The average Bonchev–Trinajstić information content (AvgIpc) is 3.23. The van der Waals surface area contributed by atoms with E-state index in [1.807, 2.05) is 30.9 Å². The number of piperazine rings is 1. The van der Waals surface area contributed by atoms with Crippen molar-refractivity contribution in [2.24, 2.45) is 0 Å². The smallest absolute Gasteiger partial charge is 0.273 e. The number of rotatable bonds is 4. The minimum absolute atomic E-state index is 0.0615. The van der Waals surface area contributed by atoms with E-state index in [-0.39, 0.29) is 11.9 Å². The zero-order valence-electron chi connectivity index (χ0n) is 16.1. The Kier molecular flexibility index (Phi) is 4.08. The van der Waals surface area contributed by atoms with Crippen molar-refractivity contribution < 1.29 is 9.21 Å². The van der Waals surface area contributed by atoms with Crippen LogP contribution in [0.5, 0.6) is 0 Å². The lowest BCUT2D eigenvalue weighted by Gasteiger charge is -2.34. The van der Waals surface area contributed by atoms with Gasteiger partial charge in [-0.1, -0.05) is 0 Å². The fraction of sp³-hybridized carbons (Fsp3) is 0.450. The topological polar surface area (TPSA) is 99.1 Å². The number of aryl methyl sites for hydroxylation is 1. The number of amides is 1. The molecule has 5 rings (SSSR count). The number of aromatic nitrogens is 3. The van der Waals surface area contributed by atoms with E-state index in [0.29, 0.717) is 35.4 Å². The minimum atomic E-state index is -0.0615. The third-order valence-electron chi connectivity index (χ3n) is 5.67. The third kappa shape index (κ3) is 2.93. The summed E-state index contributed by atoms with van der Waals surface area (Å²) >= 11 is 0. The molecule has 0 radical (unpaired) electrons. The summed E-state index contributed by atoms with van der Waals surface area (Å²) in [5.41, 5.74) is 3.02. The van der Waals surface area contributed by atoms with Gasteiger partial charge in [-0.05, 0) is 32.8 Å². The summed E-state index contributed by atoms with van der Waals surface area (Å²) in [7, 11) is 0. The summed E-state index contributed by atoms with van der Waals surface area (Å²) in [5.74, 6) is 1.83. The monoisotopic (exact) mass is 380 g/mol. The second kappa shape index (κ2) is 6.63. The van der Waals surface area contributed by atoms with Gasteiger partial charge in [0.1, 0.15) is 17.1 Å². The maximum Gasteiger partial charge on any atom is 0.273 e. The van der Waals surface area contributed by atoms with Crippen molar-refractivity contribution in [2.75, 3.05) is 25.0 Å². The molecule has 1 atom stereocenters. The normalized spacial score (nSPS) is 19.9. The molecular formula is C20H24N6O2. The van der Waals surface area contributed by atoms with Gasteiger partial charge in [-0.25, -0.2) is 4.98 Å². The van der Waals surface area contributed by atoms with Crippen LogP contribution in [-0.4, -0.2) is 51.7 Å². The number of anilines is 2. The molecule has 0 unspecified atom stereocenters. The summed E-state index contributed by atoms with van der Waals surface area (Å²) in [5, 5.41) is 14.9. The standard InChI is InChI=1S/C20H24N6O2/c1-11-10-21-6-7-26(11)20(27)17-12(2)18-14(5-8-28-18)19(23-17)22-16-9-15(24-25-16)13-3-4-13/h5,8-9,11,13,21H,3-4,6-7,10H2,1-2H3,(H2,22,23,24,25)/t11-/m1/s1. The number of carbonyl (C=O) groups is 1. The van der Waals surface area contributed by atoms with Gasteiger partial charge in [0.2, 0.25) is 0 Å². The predicted molar refractivity (Wildman–Crippen MR) is 106 cm³/mol. The van der Waals surface area contributed by atoms with Crippen molar-refractivity contribution in [3.8, 4) is 0 Å². The first-order valence-electron chi connectivity index (χ1n) is 9.83. The van der Waals surface area contributed by atoms with Gasteiger partial charge < -0.3 is 20.0 Å². The molecule has 8 nitrogen and oxygen atoms in total. The number of hydrogen-bond donors (Lipinski definition) is 3. The lowest BCUT2D eigenvalue weighted by Crippen LogP contribution is -2.52. The molecule has 8 heteroatoms. The zero-order chi connectivity index (χ0) is 19.3. The first-order chi connectivity index (χ1) is 13.6. The number of fused-ring (bicyclic) bond motifs is 1. The molecule has 1 saturated carbocycles. The molecule has 1 aliphatic heterocycles. The first-order valence-corrected chi connectivity index (χ1v) is 9.83. The van der Waals surface area contributed by atoms with Crippen LogP contribution in [0.15, 0.2) is 22.8 Å². The minimum Gasteiger partial charge on any atom is -0.464 e. The Hall–Kier alpha value is -2.87. The van der Waals surface area contributed by atoms with Gasteiger partial charge >= 0.3 is 0 Å². The highest BCUT2D eigenvalue weighted by atomic mass is 16.3. The molecule has 2 fully saturated rings. The Balaban J connectivity index is 1.52. The molecule has 1 aliphatic carbocycles. The molecule has 3 N–H and O–H groups in total. The molecule has 2 aliphatic rings. The van der Waals surface area contributed by atoms with Crippen LogP contribution in [0.25, 0.3) is 11.0 Å². The molecule has 4 heterocycles. The van der Waals surface area contributed by atoms with Gasteiger partial charge in [0.25, 0.3) is 5.91 Å². The lowest BCUT2D eigenvalue weighted by atomic mass is 10.1. The summed E-state index contributed by atoms with van der Waals surface area (Å²) < 4.78 is 5.69. The van der Waals surface area contributed by atoms with Crippen LogP contribution in [0.4, 0.5) is 11.6 Å². The van der Waals surface area contributed by atoms with Gasteiger partial charge in [0.05, 0.1) is 11.6 Å². The highest BCUT2D eigenvalue weighted by Crippen LogP contribution is 2.40. The quantitative estimate of drug-likeness (QED) is 0.644. The molecule has 3 aromatic heterocycles. The van der Waals surface area contributed by atoms with E-state index < -0.39 is 0 Å². The van der Waals surface area contributed by atoms with Crippen molar-refractivity contribution >= 4 is 28.5 Å². The molecule has 3 aromatic rings. The van der Waals surface area contributed by atoms with E-state index in [2.05, 4.69) is 20.8 Å². The van der Waals surface area contributed by atoms with Crippen LogP contribution in [0.3, 0.4) is 0 Å². The van der Waals surface area contributed by atoms with Crippen LogP contribution in [-0.2, 0) is 0 Å². The Bertz CT molecular complexity index is 1030. The molecule has 1 saturated heterocycles. The number of nitrogens with zero attached hydrogens (tertiary/aromatic N) is 3. The highest BCUT2D eigenvalue weighted by Gasteiger charge is 2.29. The van der Waals surface area contributed by atoms with Crippen molar-refractivity contribution in [2.45, 2.75) is 38.6 Å². The van der Waals surface area contributed by atoms with Gasteiger partial charge in [-0.15, -0.1) is 0 Å². The number of H-pyrrole nitrogens is 1. The summed E-state index contributed by atoms with van der Waals surface area (Å²) in [4.78, 5) is 19.8. The largest absolute Gasteiger partial charge is 0.464 e. The van der Waals surface area contributed by atoms with Crippen LogP contribution >= 0.6 is 0 Å². The van der Waals surface area contributed by atoms with Gasteiger partial charge in [-0.3, -0.25) is 9.89 Å². The Morgan fingerprint density at radius 3 is 3.04 bits per heavy atom. The molecule has 146 valence electrons. The average molecular weight is 380 g/mol. The van der Waals surface area contributed by atoms with Crippen molar-refractivity contribution in [3.05, 3.63) is 35.3 Å². The molecule has 0 bridgehead atoms. The highest BCUT2D eigenvalue weighted by molar-refractivity contribution is 6.01. The number of furan rings is 1. The van der Waals surface area contributed by atoms with E-state index in [4.69, 9.17) is 9.40 Å². The number of carbonyl (C=O) groups excluding carboxylic acids is 1. The fourth-order valence-corrected chi connectivity index (χ4v) is 3.86. The Morgan fingerprint density at radius 2 is 2.25 bits per heavy atom. The third-order valence-corrected chi connectivity index (χ3v) is 5.67. The zero-order valence-corrected chi connectivity index (χ0v) is 16.1. The molecule has 28 heavy (non-hydrogen) atoms. The summed E-state index contributed by atoms with van der Waals surface area (Å²) in [6.07, 6.45) is 4.04. The van der Waals surface area contributed by atoms with Crippen molar-refractivity contribution in [1.82, 2.24) is 25.4 Å². The molecule has 0 spiro atoms. The van der Waals surface area contributed by atoms with Gasteiger partial charge in [0.15, 0.2) is 5.82 Å². The van der Waals surface area contributed by atoms with E-state index in [1.54, 1.807) is 6.26 Å². The second-order valence-corrected chi connectivity index (χ2v) is 7.76. The Morgan fingerprint density at radius 1 is 1.39 bits per heavy atom. The number of hydrogen-bond acceptors (Lipinski definition) is 6. The van der Waals surface area contributed by atoms with Crippen LogP contribution in [0.2, 0.25) is 0 Å². The predicted octanol–water partition coefficient (Wildman–Crippen LogP) is 2.91. The maximum absolute atomic E-state index is 13.2. The van der Waals surface area contributed by atoms with E-state index in [0.717, 1.165) is 29.7 Å². The number of pyridine rings is 1. The maximum atomic E-state index is 13.2. The van der Waals surface area contributed by atoms with E-state index >= 15 is 0 Å². The van der Waals surface area contributed by atoms with Crippen LogP contribution in [0.1, 0.15) is 47.4 Å². The molecular weight excluding hydrogens is 356 g/mol. The van der Waals surface area contributed by atoms with Crippen molar-refractivity contribution in [3.63, 3.8) is 0 Å². The van der Waals surface area contributed by atoms with Crippen LogP contribution < -0.4 is 10.6 Å². The SMILES string of the molecule is Cc1c(C(=O)N2CCNC[C@H]2C)nc(Nc2cc(C3CC3)[nH]n2)c2ccoc12. The first kappa shape index (κ1) is 17.2. The van der Waals surface area contributed by atoms with Crippen LogP contribution in [0, 0.1) is 6.92 Å². The van der Waals surface area contributed by atoms with Crippen molar-refractivity contribution in [1.29, 1.82) is 0 Å². The van der Waals surface area contributed by atoms with Gasteiger partial charge in [-0.2, -0.15) is 5.10 Å². The Labute approximate surface area is 162 Å². The summed E-state index contributed by atoms with van der Waals surface area (Å²) in [6.45, 7) is 6.19. The lowest BCUT2D eigenvalue weighted by molar-refractivity contribution is 0.0649. The molecule has 1 amide bonds.